The summed E-state index contributed by atoms with van der Waals surface area (Å²) in [5.41, 5.74) is 2.43. The highest BCUT2D eigenvalue weighted by molar-refractivity contribution is 5.85. The van der Waals surface area contributed by atoms with Gasteiger partial charge in [0, 0.05) is 19.0 Å². The number of piperidine rings is 1. The fraction of sp³-hybridized carbons (Fsp3) is 0.480. The van der Waals surface area contributed by atoms with Gasteiger partial charge in [-0.1, -0.05) is 42.5 Å². The van der Waals surface area contributed by atoms with Crippen LogP contribution in [0.5, 0.6) is 5.75 Å². The predicted molar refractivity (Wildman–Crippen MR) is 123 cm³/mol. The monoisotopic (exact) mass is 428 g/mol. The summed E-state index contributed by atoms with van der Waals surface area (Å²) in [5.74, 6) is 2.58. The lowest BCUT2D eigenvalue weighted by molar-refractivity contribution is -0.134. The largest absolute Gasteiger partial charge is 0.489 e. The summed E-state index contributed by atoms with van der Waals surface area (Å²) >= 11 is 0. The highest BCUT2D eigenvalue weighted by Crippen LogP contribution is 2.49. The second kappa shape index (κ2) is 10.8. The fourth-order valence-electron chi connectivity index (χ4n) is 4.41. The Morgan fingerprint density at radius 3 is 2.43 bits per heavy atom. The fourth-order valence-corrected chi connectivity index (χ4v) is 4.41. The van der Waals surface area contributed by atoms with Gasteiger partial charge in [-0.15, -0.1) is 12.4 Å². The first-order valence-corrected chi connectivity index (χ1v) is 10.9. The van der Waals surface area contributed by atoms with Crippen LogP contribution in [0.1, 0.15) is 42.7 Å². The summed E-state index contributed by atoms with van der Waals surface area (Å²) < 4.78 is 5.87. The zero-order chi connectivity index (χ0) is 20.1. The molecule has 4 nitrogen and oxygen atoms in total. The Bertz CT molecular complexity index is 789. The van der Waals surface area contributed by atoms with E-state index < -0.39 is 0 Å². The molecule has 2 aliphatic rings. The van der Waals surface area contributed by atoms with Crippen LogP contribution in [-0.4, -0.2) is 37.5 Å². The van der Waals surface area contributed by atoms with Crippen molar-refractivity contribution >= 4 is 18.3 Å². The van der Waals surface area contributed by atoms with Gasteiger partial charge < -0.3 is 15.0 Å². The second-order valence-corrected chi connectivity index (χ2v) is 8.45. The van der Waals surface area contributed by atoms with Gasteiger partial charge in [0.1, 0.15) is 12.4 Å². The lowest BCUT2D eigenvalue weighted by Gasteiger charge is -2.32. The van der Waals surface area contributed by atoms with Crippen molar-refractivity contribution < 1.29 is 9.53 Å². The van der Waals surface area contributed by atoms with E-state index in [1.165, 1.54) is 17.5 Å². The molecule has 2 fully saturated rings. The van der Waals surface area contributed by atoms with Gasteiger partial charge in [0.15, 0.2) is 0 Å². The van der Waals surface area contributed by atoms with Crippen LogP contribution >= 0.6 is 12.4 Å². The third kappa shape index (κ3) is 5.77. The highest BCUT2D eigenvalue weighted by atomic mass is 35.5. The molecule has 0 spiro atoms. The van der Waals surface area contributed by atoms with Gasteiger partial charge in [-0.05, 0) is 74.4 Å². The minimum atomic E-state index is 0. The van der Waals surface area contributed by atoms with Crippen LogP contribution < -0.4 is 10.1 Å². The first kappa shape index (κ1) is 22.6. The number of likely N-dealkylation sites (tertiary alicyclic amines) is 1. The summed E-state index contributed by atoms with van der Waals surface area (Å²) in [5, 5.41) is 3.23. The van der Waals surface area contributed by atoms with Gasteiger partial charge in [-0.25, -0.2) is 0 Å². The zero-order valence-electron chi connectivity index (χ0n) is 17.8. The van der Waals surface area contributed by atoms with Crippen molar-refractivity contribution in [3.8, 4) is 5.75 Å². The molecule has 1 amide bonds. The maximum Gasteiger partial charge on any atom is 0.226 e. The number of hydrogen-bond donors (Lipinski definition) is 1. The van der Waals surface area contributed by atoms with Gasteiger partial charge in [-0.3, -0.25) is 4.79 Å². The van der Waals surface area contributed by atoms with Gasteiger partial charge in [0.05, 0.1) is 0 Å². The van der Waals surface area contributed by atoms with E-state index in [0.29, 0.717) is 18.4 Å². The Labute approximate surface area is 186 Å². The molecule has 1 heterocycles. The third-order valence-corrected chi connectivity index (χ3v) is 6.39. The summed E-state index contributed by atoms with van der Waals surface area (Å²) in [6, 6.07) is 18.5. The number of carbonyl (C=O) groups is 1. The van der Waals surface area contributed by atoms with Crippen LogP contribution in [0.3, 0.4) is 0 Å². The molecular formula is C25H33ClN2O2. The van der Waals surface area contributed by atoms with E-state index in [9.17, 15) is 4.79 Å². The number of ether oxygens (including phenoxy) is 1. The Kier molecular flexibility index (Phi) is 8.17. The Balaban J connectivity index is 0.00000256. The van der Waals surface area contributed by atoms with E-state index in [1.54, 1.807) is 0 Å². The molecule has 30 heavy (non-hydrogen) atoms. The van der Waals surface area contributed by atoms with Gasteiger partial charge in [0.25, 0.3) is 0 Å². The van der Waals surface area contributed by atoms with E-state index >= 15 is 0 Å². The molecule has 1 saturated carbocycles. The number of carbonyl (C=O) groups excluding carboxylic acids is 1. The Hall–Kier alpha value is -2.04. The van der Waals surface area contributed by atoms with Crippen LogP contribution in [0.15, 0.2) is 54.6 Å². The van der Waals surface area contributed by atoms with Crippen LogP contribution in [-0.2, 0) is 11.4 Å². The van der Waals surface area contributed by atoms with Crippen molar-refractivity contribution in [3.63, 3.8) is 0 Å². The Morgan fingerprint density at radius 2 is 1.77 bits per heavy atom. The van der Waals surface area contributed by atoms with E-state index in [4.69, 9.17) is 4.74 Å². The van der Waals surface area contributed by atoms with Crippen LogP contribution in [0.4, 0.5) is 0 Å². The van der Waals surface area contributed by atoms with Crippen LogP contribution in [0.25, 0.3) is 0 Å². The first-order valence-electron chi connectivity index (χ1n) is 10.9. The van der Waals surface area contributed by atoms with Gasteiger partial charge in [0.2, 0.25) is 5.91 Å². The minimum Gasteiger partial charge on any atom is -0.489 e. The maximum absolute atomic E-state index is 12.9. The van der Waals surface area contributed by atoms with Crippen molar-refractivity contribution in [2.45, 2.75) is 38.2 Å². The van der Waals surface area contributed by atoms with Crippen molar-refractivity contribution in [2.75, 3.05) is 26.7 Å². The van der Waals surface area contributed by atoms with Crippen LogP contribution in [0, 0.1) is 11.8 Å². The first-order chi connectivity index (χ1) is 14.2. The summed E-state index contributed by atoms with van der Waals surface area (Å²) in [6.45, 7) is 3.52. The van der Waals surface area contributed by atoms with Crippen molar-refractivity contribution in [3.05, 3.63) is 65.7 Å². The standard InChI is InChI=1S/C25H32N2O2.ClH/c1-26-14-11-19-12-15-27(16-13-19)25(28)24-17-23(24)21-7-9-22(10-8-21)29-18-20-5-3-2-4-6-20;/h2-10,19,23-24,26H,11-18H2,1H3;1H. The average Bonchev–Trinajstić information content (AvgIpc) is 3.58. The van der Waals surface area contributed by atoms with Crippen molar-refractivity contribution in [1.82, 2.24) is 10.2 Å². The number of amides is 1. The molecule has 2 atom stereocenters. The van der Waals surface area contributed by atoms with E-state index in [2.05, 4.69) is 34.5 Å². The third-order valence-electron chi connectivity index (χ3n) is 6.39. The lowest BCUT2D eigenvalue weighted by atomic mass is 9.93. The zero-order valence-corrected chi connectivity index (χ0v) is 18.6. The molecule has 2 unspecified atom stereocenters. The average molecular weight is 429 g/mol. The molecule has 5 heteroatoms. The van der Waals surface area contributed by atoms with Crippen LogP contribution in [0.2, 0.25) is 0 Å². The molecular weight excluding hydrogens is 396 g/mol. The molecule has 4 rings (SSSR count). The number of halogens is 1. The molecule has 2 aromatic rings. The highest BCUT2D eigenvalue weighted by Gasteiger charge is 2.46. The van der Waals surface area contributed by atoms with Gasteiger partial charge >= 0.3 is 0 Å². The van der Waals surface area contributed by atoms with Crippen molar-refractivity contribution in [1.29, 1.82) is 0 Å². The molecule has 1 saturated heterocycles. The SMILES string of the molecule is CNCCC1CCN(C(=O)C2CC2c2ccc(OCc3ccccc3)cc2)CC1.Cl. The van der Waals surface area contributed by atoms with E-state index in [1.807, 2.05) is 37.4 Å². The minimum absolute atomic E-state index is 0. The summed E-state index contributed by atoms with van der Waals surface area (Å²) in [6.07, 6.45) is 4.52. The summed E-state index contributed by atoms with van der Waals surface area (Å²) in [4.78, 5) is 15.0. The lowest BCUT2D eigenvalue weighted by Crippen LogP contribution is -2.40. The topological polar surface area (TPSA) is 41.6 Å². The molecule has 1 aliphatic heterocycles. The van der Waals surface area contributed by atoms with Gasteiger partial charge in [-0.2, -0.15) is 0 Å². The molecule has 2 aromatic carbocycles. The van der Waals surface area contributed by atoms with Crippen molar-refractivity contribution in [2.24, 2.45) is 11.8 Å². The second-order valence-electron chi connectivity index (χ2n) is 8.45. The molecule has 0 bridgehead atoms. The normalized spacial score (nSPS) is 21.0. The number of nitrogens with one attached hydrogen (secondary N) is 1. The Morgan fingerprint density at radius 1 is 1.07 bits per heavy atom. The predicted octanol–water partition coefficient (Wildman–Crippen LogP) is 4.64. The number of hydrogen-bond acceptors (Lipinski definition) is 3. The van der Waals surface area contributed by atoms with E-state index in [0.717, 1.165) is 50.6 Å². The number of nitrogens with zero attached hydrogens (tertiary/aromatic N) is 1. The van der Waals surface area contributed by atoms with E-state index in [-0.39, 0.29) is 18.3 Å². The quantitative estimate of drug-likeness (QED) is 0.666. The smallest absolute Gasteiger partial charge is 0.226 e. The molecule has 162 valence electrons. The molecule has 0 aromatic heterocycles. The maximum atomic E-state index is 12.9. The number of benzene rings is 2. The summed E-state index contributed by atoms with van der Waals surface area (Å²) in [7, 11) is 2.01. The molecule has 0 radical (unpaired) electrons. The number of rotatable bonds is 8. The molecule has 1 aliphatic carbocycles. The molecule has 1 N–H and O–H groups in total.